The molecule has 0 radical (unpaired) electrons. The summed E-state index contributed by atoms with van der Waals surface area (Å²) in [6.45, 7) is 10.2. The second kappa shape index (κ2) is 45.6. The molecule has 0 spiro atoms. The zero-order valence-corrected chi connectivity index (χ0v) is 38.4. The van der Waals surface area contributed by atoms with Crippen LogP contribution >= 0.6 is 0 Å². The molecule has 0 unspecified atom stereocenters. The molecule has 0 saturated heterocycles. The Kier molecular flexibility index (Phi) is 45.7. The summed E-state index contributed by atoms with van der Waals surface area (Å²) in [5.74, 6) is 0. The van der Waals surface area contributed by atoms with Crippen LogP contribution in [0.2, 0.25) is 18.1 Å². The molecule has 0 rings (SSSR count). The van der Waals surface area contributed by atoms with E-state index in [4.69, 9.17) is 4.43 Å². The first-order valence-electron chi connectivity index (χ1n) is 25.4. The molecule has 2 heteroatoms. The van der Waals surface area contributed by atoms with E-state index in [1.807, 2.05) is 0 Å². The fourth-order valence-corrected chi connectivity index (χ4v) is 13.3. The fourth-order valence-electron chi connectivity index (χ4n) is 8.82. The van der Waals surface area contributed by atoms with Gasteiger partial charge in [-0.05, 0) is 25.1 Å². The van der Waals surface area contributed by atoms with Crippen LogP contribution in [0.15, 0.2) is 0 Å². The van der Waals surface area contributed by atoms with Crippen LogP contribution in [0.1, 0.15) is 297 Å². The zero-order valence-electron chi connectivity index (χ0n) is 37.4. The molecule has 0 aliphatic heterocycles. The Hall–Kier alpha value is 0.177. The van der Waals surface area contributed by atoms with Gasteiger partial charge in [-0.3, -0.25) is 0 Å². The Morgan fingerprint density at radius 2 is 0.365 bits per heavy atom. The average Bonchev–Trinajstić information content (AvgIpc) is 3.15. The molecule has 0 atom stereocenters. The molecule has 0 aliphatic rings. The fraction of sp³-hybridized carbons (Fsp3) is 1.00. The maximum Gasteiger partial charge on any atom is 0.192 e. The summed E-state index contributed by atoms with van der Waals surface area (Å²) in [7, 11) is -1.60. The van der Waals surface area contributed by atoms with Gasteiger partial charge in [-0.15, -0.1) is 0 Å². The molecule has 0 aliphatic carbocycles. The maximum atomic E-state index is 6.91. The summed E-state index contributed by atoms with van der Waals surface area (Å²) in [5, 5.41) is 0. The number of hydrogen-bond donors (Lipinski definition) is 0. The largest absolute Gasteiger partial charge is 0.417 e. The van der Waals surface area contributed by atoms with E-state index in [-0.39, 0.29) is 0 Å². The maximum absolute atomic E-state index is 6.91. The van der Waals surface area contributed by atoms with Crippen LogP contribution in [-0.4, -0.2) is 14.9 Å². The van der Waals surface area contributed by atoms with Gasteiger partial charge >= 0.3 is 0 Å². The molecule has 1 nitrogen and oxygen atoms in total. The molecule has 0 saturated carbocycles. The molecule has 0 aromatic rings. The second-order valence-corrected chi connectivity index (χ2v) is 21.8. The van der Waals surface area contributed by atoms with E-state index in [1.165, 1.54) is 288 Å². The third kappa shape index (κ3) is 39.9. The van der Waals surface area contributed by atoms with Crippen molar-refractivity contribution in [3.05, 3.63) is 0 Å². The van der Waals surface area contributed by atoms with Crippen molar-refractivity contribution < 1.29 is 4.43 Å². The number of rotatable bonds is 47. The Balaban J connectivity index is 4.32. The predicted octanol–water partition coefficient (Wildman–Crippen LogP) is 19.4. The van der Waals surface area contributed by atoms with Gasteiger partial charge in [0.25, 0.3) is 0 Å². The summed E-state index contributed by atoms with van der Waals surface area (Å²) in [6, 6.07) is 4.36. The van der Waals surface area contributed by atoms with Crippen LogP contribution in [0, 0.1) is 0 Å². The minimum Gasteiger partial charge on any atom is -0.417 e. The Morgan fingerprint density at radius 1 is 0.212 bits per heavy atom. The van der Waals surface area contributed by atoms with Crippen molar-refractivity contribution in [2.75, 3.05) is 6.61 Å². The van der Waals surface area contributed by atoms with Crippen molar-refractivity contribution in [1.29, 1.82) is 0 Å². The van der Waals surface area contributed by atoms with Crippen molar-refractivity contribution in [1.82, 2.24) is 0 Å². The summed E-state index contributed by atoms with van der Waals surface area (Å²) in [6.07, 6.45) is 61.3. The van der Waals surface area contributed by atoms with Crippen LogP contribution in [-0.2, 0) is 4.43 Å². The van der Waals surface area contributed by atoms with Crippen molar-refractivity contribution >= 4 is 8.32 Å². The SMILES string of the molecule is CCCCCCCCCCCCCCCC[Si](CCCCCCCCCCCCCCCC)(CCCCCCCCCCCCCCCC)OCC. The van der Waals surface area contributed by atoms with Crippen molar-refractivity contribution in [2.24, 2.45) is 0 Å². The van der Waals surface area contributed by atoms with Gasteiger partial charge in [0.1, 0.15) is 0 Å². The zero-order chi connectivity index (χ0) is 37.7. The van der Waals surface area contributed by atoms with Crippen LogP contribution in [0.25, 0.3) is 0 Å². The quantitative estimate of drug-likeness (QED) is 0.0445. The van der Waals surface area contributed by atoms with Crippen LogP contribution in [0.5, 0.6) is 0 Å². The van der Waals surface area contributed by atoms with Gasteiger partial charge in [0.05, 0.1) is 0 Å². The molecule has 0 aromatic carbocycles. The Morgan fingerprint density at radius 3 is 0.519 bits per heavy atom. The third-order valence-corrected chi connectivity index (χ3v) is 17.1. The first kappa shape index (κ1) is 52.2. The molecular weight excluding hydrogens is 645 g/mol. The molecule has 0 heterocycles. The Bertz CT molecular complexity index is 541. The van der Waals surface area contributed by atoms with E-state index in [1.54, 1.807) is 0 Å². The number of hydrogen-bond acceptors (Lipinski definition) is 1. The van der Waals surface area contributed by atoms with Crippen molar-refractivity contribution in [3.63, 3.8) is 0 Å². The van der Waals surface area contributed by atoms with Gasteiger partial charge in [-0.25, -0.2) is 0 Å². The van der Waals surface area contributed by atoms with Crippen LogP contribution < -0.4 is 0 Å². The third-order valence-electron chi connectivity index (χ3n) is 12.4. The highest BCUT2D eigenvalue weighted by atomic mass is 28.4. The topological polar surface area (TPSA) is 9.23 Å². The standard InChI is InChI=1S/C50H104OSi/c1-5-9-12-15-18-21-24-27-30-33-36-39-42-45-48-52(51-8-4,49-46-43-40-37-34-31-28-25-22-19-16-13-10-6-2)50-47-44-41-38-35-32-29-26-23-20-17-14-11-7-3/h5-50H2,1-4H3. The summed E-state index contributed by atoms with van der Waals surface area (Å²) in [5.41, 5.74) is 0. The predicted molar refractivity (Wildman–Crippen MR) is 243 cm³/mol. The van der Waals surface area contributed by atoms with Gasteiger partial charge in [0, 0.05) is 6.61 Å². The normalized spacial score (nSPS) is 12.0. The summed E-state index contributed by atoms with van der Waals surface area (Å²) < 4.78 is 6.91. The van der Waals surface area contributed by atoms with E-state index in [0.29, 0.717) is 0 Å². The van der Waals surface area contributed by atoms with Gasteiger partial charge in [-0.2, -0.15) is 0 Å². The lowest BCUT2D eigenvalue weighted by atomic mass is 10.0. The van der Waals surface area contributed by atoms with E-state index in [9.17, 15) is 0 Å². The minimum absolute atomic E-state index is 0.960. The molecule has 314 valence electrons. The average molecular weight is 749 g/mol. The Labute approximate surface area is 333 Å². The van der Waals surface area contributed by atoms with E-state index < -0.39 is 8.32 Å². The van der Waals surface area contributed by atoms with E-state index >= 15 is 0 Å². The van der Waals surface area contributed by atoms with Gasteiger partial charge in [-0.1, -0.05) is 290 Å². The van der Waals surface area contributed by atoms with Crippen molar-refractivity contribution in [3.8, 4) is 0 Å². The van der Waals surface area contributed by atoms with Crippen LogP contribution in [0.4, 0.5) is 0 Å². The van der Waals surface area contributed by atoms with E-state index in [0.717, 1.165) is 6.61 Å². The molecule has 0 amide bonds. The summed E-state index contributed by atoms with van der Waals surface area (Å²) in [4.78, 5) is 0. The second-order valence-electron chi connectivity index (χ2n) is 17.7. The lowest BCUT2D eigenvalue weighted by Crippen LogP contribution is -2.38. The first-order chi connectivity index (χ1) is 25.7. The van der Waals surface area contributed by atoms with Gasteiger partial charge in [0.2, 0.25) is 0 Å². The lowest BCUT2D eigenvalue weighted by molar-refractivity contribution is 0.313. The lowest BCUT2D eigenvalue weighted by Gasteiger charge is -2.32. The molecule has 0 fully saturated rings. The molecule has 0 N–H and O–H groups in total. The molecule has 0 bridgehead atoms. The smallest absolute Gasteiger partial charge is 0.192 e. The van der Waals surface area contributed by atoms with Crippen LogP contribution in [0.3, 0.4) is 0 Å². The minimum atomic E-state index is -1.60. The highest BCUT2D eigenvalue weighted by Gasteiger charge is 2.32. The molecule has 52 heavy (non-hydrogen) atoms. The highest BCUT2D eigenvalue weighted by molar-refractivity contribution is 6.73. The monoisotopic (exact) mass is 749 g/mol. The van der Waals surface area contributed by atoms with Gasteiger partial charge in [0.15, 0.2) is 8.32 Å². The van der Waals surface area contributed by atoms with E-state index in [2.05, 4.69) is 27.7 Å². The summed E-state index contributed by atoms with van der Waals surface area (Å²) >= 11 is 0. The molecular formula is C50H104OSi. The molecule has 0 aromatic heterocycles. The van der Waals surface area contributed by atoms with Gasteiger partial charge < -0.3 is 4.43 Å². The first-order valence-corrected chi connectivity index (χ1v) is 27.9. The highest BCUT2D eigenvalue weighted by Crippen LogP contribution is 2.31. The number of unbranched alkanes of at least 4 members (excludes halogenated alkanes) is 39. The van der Waals surface area contributed by atoms with Crippen molar-refractivity contribution in [2.45, 2.75) is 316 Å².